The molecule has 41 heavy (non-hydrogen) atoms. The predicted octanol–water partition coefficient (Wildman–Crippen LogP) is 4.56. The summed E-state index contributed by atoms with van der Waals surface area (Å²) in [4.78, 5) is 18.4. The van der Waals surface area contributed by atoms with Crippen LogP contribution in [-0.2, 0) is 0 Å². The molecule has 0 spiro atoms. The van der Waals surface area contributed by atoms with Crippen LogP contribution in [0.3, 0.4) is 0 Å². The monoisotopic (exact) mass is 548 g/mol. The molecule has 5 aromatic rings. The maximum absolute atomic E-state index is 9.35. The van der Waals surface area contributed by atoms with Crippen molar-refractivity contribution in [3.8, 4) is 17.3 Å². The van der Waals surface area contributed by atoms with Crippen LogP contribution in [-0.4, -0.2) is 73.8 Å². The summed E-state index contributed by atoms with van der Waals surface area (Å²) in [5, 5.41) is 18.4. The molecular formula is C30H32N10O. The summed E-state index contributed by atoms with van der Waals surface area (Å²) in [7, 11) is 2.20. The maximum atomic E-state index is 9.35. The second-order valence-electron chi connectivity index (χ2n) is 11.0. The molecule has 4 heterocycles. The molecule has 2 fully saturated rings. The van der Waals surface area contributed by atoms with E-state index in [2.05, 4.69) is 47.9 Å². The van der Waals surface area contributed by atoms with Gasteiger partial charge in [0.15, 0.2) is 11.2 Å². The molecule has 0 atom stereocenters. The number of nitrogen functional groups attached to an aromatic ring is 1. The molecule has 11 nitrogen and oxygen atoms in total. The highest BCUT2D eigenvalue weighted by Crippen LogP contribution is 2.37. The topological polar surface area (TPSA) is 138 Å². The number of rotatable bonds is 5. The summed E-state index contributed by atoms with van der Waals surface area (Å²) in [6.07, 6.45) is 5.99. The number of fused-ring (bicyclic) bond motifs is 2. The fraction of sp³-hybridized carbons (Fsp3) is 0.367. The van der Waals surface area contributed by atoms with Gasteiger partial charge in [-0.15, -0.1) is 0 Å². The Labute approximate surface area is 237 Å². The number of oxazole rings is 1. The second-order valence-corrected chi connectivity index (χ2v) is 11.0. The van der Waals surface area contributed by atoms with Gasteiger partial charge in [0, 0.05) is 43.5 Å². The SMILES string of the molecule is CN1CCN(C2CCC(n3nc(-c4ccc(Nc5nc6c(C#N)cccc6o5)cc4)c4c(N)ncnc43)CC2)CC1. The lowest BCUT2D eigenvalue weighted by atomic mass is 9.90. The van der Waals surface area contributed by atoms with E-state index in [4.69, 9.17) is 15.2 Å². The molecule has 3 N–H and O–H groups in total. The van der Waals surface area contributed by atoms with Crippen molar-refractivity contribution in [1.29, 1.82) is 5.26 Å². The van der Waals surface area contributed by atoms with Crippen LogP contribution < -0.4 is 11.1 Å². The Morgan fingerprint density at radius 3 is 2.49 bits per heavy atom. The molecular weight excluding hydrogens is 516 g/mol. The van der Waals surface area contributed by atoms with Crippen LogP contribution in [0.2, 0.25) is 0 Å². The minimum absolute atomic E-state index is 0.280. The molecule has 3 aromatic heterocycles. The molecule has 0 radical (unpaired) electrons. The van der Waals surface area contributed by atoms with E-state index < -0.39 is 0 Å². The highest BCUT2D eigenvalue weighted by molar-refractivity contribution is 5.98. The van der Waals surface area contributed by atoms with Crippen molar-refractivity contribution < 1.29 is 4.42 Å². The zero-order valence-corrected chi connectivity index (χ0v) is 23.0. The highest BCUT2D eigenvalue weighted by atomic mass is 16.4. The van der Waals surface area contributed by atoms with Crippen molar-refractivity contribution >= 4 is 39.7 Å². The molecule has 0 amide bonds. The fourth-order valence-corrected chi connectivity index (χ4v) is 6.23. The Balaban J connectivity index is 1.12. The molecule has 0 bridgehead atoms. The molecule has 2 aliphatic rings. The number of nitrogens with two attached hydrogens (primary N) is 1. The average Bonchev–Trinajstić information content (AvgIpc) is 3.60. The maximum Gasteiger partial charge on any atom is 0.300 e. The Hall–Kier alpha value is -4.53. The number of nitrogens with zero attached hydrogens (tertiary/aromatic N) is 8. The lowest BCUT2D eigenvalue weighted by molar-refractivity contribution is 0.0815. The van der Waals surface area contributed by atoms with Gasteiger partial charge in [-0.1, -0.05) is 18.2 Å². The van der Waals surface area contributed by atoms with Crippen LogP contribution in [0.1, 0.15) is 37.3 Å². The van der Waals surface area contributed by atoms with Gasteiger partial charge in [0.05, 0.1) is 17.0 Å². The van der Waals surface area contributed by atoms with Crippen molar-refractivity contribution in [2.24, 2.45) is 0 Å². The summed E-state index contributed by atoms with van der Waals surface area (Å²) in [6, 6.07) is 16.6. The first-order valence-corrected chi connectivity index (χ1v) is 14.2. The van der Waals surface area contributed by atoms with Crippen LogP contribution in [0.15, 0.2) is 53.2 Å². The second kappa shape index (κ2) is 10.5. The van der Waals surface area contributed by atoms with E-state index in [1.54, 1.807) is 18.2 Å². The van der Waals surface area contributed by atoms with E-state index in [1.807, 2.05) is 24.3 Å². The number of anilines is 3. The number of benzene rings is 2. The first-order valence-electron chi connectivity index (χ1n) is 14.2. The van der Waals surface area contributed by atoms with Gasteiger partial charge >= 0.3 is 0 Å². The predicted molar refractivity (Wildman–Crippen MR) is 158 cm³/mol. The van der Waals surface area contributed by atoms with E-state index in [0.717, 1.165) is 79.8 Å². The number of nitriles is 1. The van der Waals surface area contributed by atoms with E-state index >= 15 is 0 Å². The van der Waals surface area contributed by atoms with Gasteiger partial charge < -0.3 is 20.4 Å². The lowest BCUT2D eigenvalue weighted by Crippen LogP contribution is -2.49. The van der Waals surface area contributed by atoms with Gasteiger partial charge in [0.1, 0.15) is 29.4 Å². The first kappa shape index (κ1) is 25.4. The van der Waals surface area contributed by atoms with Crippen LogP contribution in [0, 0.1) is 11.3 Å². The molecule has 2 aromatic carbocycles. The number of likely N-dealkylation sites (N-methyl/N-ethyl adjacent to an activating group) is 1. The fourth-order valence-electron chi connectivity index (χ4n) is 6.23. The van der Waals surface area contributed by atoms with Crippen molar-refractivity contribution in [2.45, 2.75) is 37.8 Å². The minimum atomic E-state index is 0.280. The van der Waals surface area contributed by atoms with Gasteiger partial charge in [-0.2, -0.15) is 15.3 Å². The zero-order chi connectivity index (χ0) is 27.9. The molecule has 208 valence electrons. The molecule has 7 rings (SSSR count). The Kier molecular flexibility index (Phi) is 6.49. The van der Waals surface area contributed by atoms with Crippen LogP contribution in [0.5, 0.6) is 0 Å². The van der Waals surface area contributed by atoms with Crippen molar-refractivity contribution in [3.05, 3.63) is 54.4 Å². The lowest BCUT2D eigenvalue weighted by Gasteiger charge is -2.41. The molecule has 1 saturated heterocycles. The number of aromatic nitrogens is 5. The molecule has 0 unspecified atom stereocenters. The molecule has 1 saturated carbocycles. The number of nitrogens with one attached hydrogen (secondary N) is 1. The summed E-state index contributed by atoms with van der Waals surface area (Å²) in [6.45, 7) is 4.61. The van der Waals surface area contributed by atoms with E-state index in [-0.39, 0.29) is 6.04 Å². The van der Waals surface area contributed by atoms with E-state index in [0.29, 0.717) is 34.5 Å². The Bertz CT molecular complexity index is 1740. The largest absolute Gasteiger partial charge is 0.423 e. The molecule has 1 aliphatic heterocycles. The van der Waals surface area contributed by atoms with Gasteiger partial charge in [-0.3, -0.25) is 4.90 Å². The third-order valence-electron chi connectivity index (χ3n) is 8.53. The smallest absolute Gasteiger partial charge is 0.300 e. The first-order chi connectivity index (χ1) is 20.1. The normalized spacial score (nSPS) is 20.4. The standard InChI is InChI=1S/C30H32N10O/c1-38-13-15-39(16-14-38)22-9-11-23(12-10-22)40-29-25(28(32)33-18-34-29)27(37-40)19-5-7-21(8-6-19)35-30-36-26-20(17-31)3-2-4-24(26)41-30/h2-8,18,22-23H,9-16H2,1H3,(H,35,36)(H2,32,33,34). The van der Waals surface area contributed by atoms with E-state index in [9.17, 15) is 5.26 Å². The molecule has 1 aliphatic carbocycles. The third-order valence-corrected chi connectivity index (χ3v) is 8.53. The quantitative estimate of drug-likeness (QED) is 0.321. The average molecular weight is 549 g/mol. The summed E-state index contributed by atoms with van der Waals surface area (Å²) in [5.41, 5.74) is 11.3. The van der Waals surface area contributed by atoms with Crippen LogP contribution in [0.25, 0.3) is 33.4 Å². The van der Waals surface area contributed by atoms with Crippen LogP contribution >= 0.6 is 0 Å². The Morgan fingerprint density at radius 2 is 1.73 bits per heavy atom. The van der Waals surface area contributed by atoms with Gasteiger partial charge in [-0.25, -0.2) is 14.6 Å². The Morgan fingerprint density at radius 1 is 0.976 bits per heavy atom. The number of piperazine rings is 1. The van der Waals surface area contributed by atoms with Gasteiger partial charge in [0.2, 0.25) is 0 Å². The number of hydrogen-bond donors (Lipinski definition) is 2. The summed E-state index contributed by atoms with van der Waals surface area (Å²) in [5.74, 6) is 0.435. The zero-order valence-electron chi connectivity index (χ0n) is 23.0. The van der Waals surface area contributed by atoms with Crippen molar-refractivity contribution in [1.82, 2.24) is 34.5 Å². The third kappa shape index (κ3) is 4.75. The number of hydrogen-bond acceptors (Lipinski definition) is 10. The summed E-state index contributed by atoms with van der Waals surface area (Å²) >= 11 is 0. The van der Waals surface area contributed by atoms with Crippen molar-refractivity contribution in [3.63, 3.8) is 0 Å². The van der Waals surface area contributed by atoms with Crippen LogP contribution in [0.4, 0.5) is 17.5 Å². The van der Waals surface area contributed by atoms with E-state index in [1.165, 1.54) is 6.33 Å². The van der Waals surface area contributed by atoms with Gasteiger partial charge in [0.25, 0.3) is 6.01 Å². The molecule has 11 heteroatoms. The highest BCUT2D eigenvalue weighted by Gasteiger charge is 2.30. The minimum Gasteiger partial charge on any atom is -0.423 e. The number of para-hydroxylation sites is 1. The van der Waals surface area contributed by atoms with Gasteiger partial charge in [-0.05, 0) is 57.0 Å². The van der Waals surface area contributed by atoms with Crippen molar-refractivity contribution in [2.75, 3.05) is 44.3 Å². The summed E-state index contributed by atoms with van der Waals surface area (Å²) < 4.78 is 7.88.